The van der Waals surface area contributed by atoms with Crippen LogP contribution in [0.5, 0.6) is 0 Å². The maximum atomic E-state index is 13.5. The lowest BCUT2D eigenvalue weighted by atomic mass is 9.34. The number of aromatic carboxylic acids is 1. The monoisotopic (exact) mass is 586 g/mol. The zero-order chi connectivity index (χ0) is 30.2. The average molecular weight is 587 g/mol. The summed E-state index contributed by atoms with van der Waals surface area (Å²) >= 11 is 0. The summed E-state index contributed by atoms with van der Waals surface area (Å²) < 4.78 is 0. The molecule has 5 nitrogen and oxygen atoms in total. The molecule has 6 aliphatic rings. The van der Waals surface area contributed by atoms with Crippen LogP contribution in [0.4, 0.5) is 4.79 Å². The number of carbonyl (C=O) groups is 2. The standard InChI is InChI=1S/C38H54N2O3/c1-25-28(26-10-12-27(13-11-26)33(41)42)16-19-35(2)29(25)17-20-37(4)32(35)15-14-30-31-9-8-18-38(31,22-21-36(30,37)3)39-34(43)40-23-6-5-7-24-40/h10-13,16,25,29-32H,5-9,14-15,17-24H2,1-4H3,(H,39,43)(H,41,42)/t25?,29?,30?,31?,32?,35?,36-,37?,38?/m1/s1. The molecule has 0 spiro atoms. The molecular weight excluding hydrogens is 532 g/mol. The molecule has 2 N–H and O–H groups in total. The fourth-order valence-electron chi connectivity index (χ4n) is 12.6. The summed E-state index contributed by atoms with van der Waals surface area (Å²) in [6, 6.07) is 7.79. The summed E-state index contributed by atoms with van der Waals surface area (Å²) in [6.45, 7) is 12.3. The highest BCUT2D eigenvalue weighted by Gasteiger charge is 2.68. The van der Waals surface area contributed by atoms with Crippen LogP contribution in [0, 0.1) is 45.8 Å². The van der Waals surface area contributed by atoms with Gasteiger partial charge in [0.2, 0.25) is 0 Å². The summed E-state index contributed by atoms with van der Waals surface area (Å²) in [5.74, 6) is 2.31. The molecule has 0 radical (unpaired) electrons. The largest absolute Gasteiger partial charge is 0.478 e. The highest BCUT2D eigenvalue weighted by Crippen LogP contribution is 2.75. The maximum Gasteiger partial charge on any atom is 0.335 e. The summed E-state index contributed by atoms with van der Waals surface area (Å²) in [7, 11) is 0. The zero-order valence-electron chi connectivity index (χ0n) is 27.1. The van der Waals surface area contributed by atoms with Gasteiger partial charge in [0, 0.05) is 18.6 Å². The van der Waals surface area contributed by atoms with E-state index in [0.29, 0.717) is 46.0 Å². The van der Waals surface area contributed by atoms with Crippen molar-refractivity contribution in [1.29, 1.82) is 0 Å². The second kappa shape index (κ2) is 10.4. The molecule has 0 bridgehead atoms. The Morgan fingerprint density at radius 2 is 1.56 bits per heavy atom. The van der Waals surface area contributed by atoms with E-state index in [0.717, 1.165) is 38.8 Å². The Hall–Kier alpha value is -2.30. The van der Waals surface area contributed by atoms with Crippen LogP contribution in [-0.4, -0.2) is 40.6 Å². The van der Waals surface area contributed by atoms with Gasteiger partial charge < -0.3 is 15.3 Å². The smallest absolute Gasteiger partial charge is 0.335 e. The summed E-state index contributed by atoms with van der Waals surface area (Å²) in [4.78, 5) is 27.1. The molecule has 5 aliphatic carbocycles. The van der Waals surface area contributed by atoms with Crippen molar-refractivity contribution in [3.8, 4) is 0 Å². The van der Waals surface area contributed by atoms with Crippen molar-refractivity contribution < 1.29 is 14.7 Å². The van der Waals surface area contributed by atoms with Gasteiger partial charge in [0.25, 0.3) is 0 Å². The number of urea groups is 1. The number of hydrogen-bond donors (Lipinski definition) is 2. The predicted molar refractivity (Wildman–Crippen MR) is 172 cm³/mol. The number of carbonyl (C=O) groups excluding carboxylic acids is 1. The van der Waals surface area contributed by atoms with Gasteiger partial charge in [-0.05, 0) is 146 Å². The topological polar surface area (TPSA) is 69.6 Å². The minimum Gasteiger partial charge on any atom is -0.478 e. The number of allylic oxidation sites excluding steroid dienone is 2. The van der Waals surface area contributed by atoms with E-state index in [9.17, 15) is 14.7 Å². The number of fused-ring (bicyclic) bond motifs is 7. The molecule has 9 atom stereocenters. The number of hydrogen-bond acceptors (Lipinski definition) is 2. The van der Waals surface area contributed by atoms with Gasteiger partial charge in [-0.25, -0.2) is 9.59 Å². The van der Waals surface area contributed by atoms with Crippen molar-refractivity contribution in [2.24, 2.45) is 45.8 Å². The van der Waals surface area contributed by atoms with Gasteiger partial charge in [-0.2, -0.15) is 0 Å². The third-order valence-electron chi connectivity index (χ3n) is 15.0. The number of likely N-dealkylation sites (tertiary alicyclic amines) is 1. The van der Waals surface area contributed by atoms with Crippen molar-refractivity contribution in [3.63, 3.8) is 0 Å². The lowest BCUT2D eigenvalue weighted by Crippen LogP contribution is -2.68. The second-order valence-corrected chi connectivity index (χ2v) is 16.4. The molecular formula is C38H54N2O3. The minimum absolute atomic E-state index is 0.0101. The van der Waals surface area contributed by atoms with Gasteiger partial charge >= 0.3 is 12.0 Å². The third-order valence-corrected chi connectivity index (χ3v) is 15.0. The number of benzene rings is 1. The molecule has 5 heteroatoms. The van der Waals surface area contributed by atoms with E-state index in [4.69, 9.17) is 0 Å². The van der Waals surface area contributed by atoms with Crippen molar-refractivity contribution in [2.75, 3.05) is 13.1 Å². The lowest BCUT2D eigenvalue weighted by molar-refractivity contribution is -0.210. The number of nitrogens with zero attached hydrogens (tertiary/aromatic N) is 1. The summed E-state index contributed by atoms with van der Waals surface area (Å²) in [6.07, 6.45) is 18.5. The second-order valence-electron chi connectivity index (χ2n) is 16.4. The fourth-order valence-corrected chi connectivity index (χ4v) is 12.6. The average Bonchev–Trinajstić information content (AvgIpc) is 3.42. The first-order chi connectivity index (χ1) is 20.5. The first-order valence-corrected chi connectivity index (χ1v) is 17.6. The first-order valence-electron chi connectivity index (χ1n) is 17.6. The number of carboxylic acids is 1. The minimum atomic E-state index is -0.859. The van der Waals surface area contributed by atoms with Crippen LogP contribution < -0.4 is 5.32 Å². The quantitative estimate of drug-likeness (QED) is 0.372. The Kier molecular flexibility index (Phi) is 7.10. The maximum absolute atomic E-state index is 13.5. The van der Waals surface area contributed by atoms with E-state index < -0.39 is 5.97 Å². The van der Waals surface area contributed by atoms with Gasteiger partial charge in [0.15, 0.2) is 0 Å². The number of nitrogens with one attached hydrogen (secondary N) is 1. The molecule has 1 aliphatic heterocycles. The normalized spacial score (nSPS) is 43.9. The number of rotatable bonds is 3. The van der Waals surface area contributed by atoms with Crippen LogP contribution >= 0.6 is 0 Å². The Labute approximate surface area is 259 Å². The summed E-state index contributed by atoms with van der Waals surface area (Å²) in [5, 5.41) is 13.1. The molecule has 7 rings (SSSR count). The lowest BCUT2D eigenvalue weighted by Gasteiger charge is -2.71. The molecule has 1 heterocycles. The molecule has 234 valence electrons. The van der Waals surface area contributed by atoms with E-state index in [2.05, 4.69) is 44.0 Å². The van der Waals surface area contributed by atoms with E-state index in [1.54, 1.807) is 12.1 Å². The SMILES string of the molecule is CC1C(c2ccc(C(=O)O)cc2)=CCC2(C)C1CCC1(C)C2CCC2C3CCCC3(NC(=O)N3CCCCC3)CC[C@]21C. The predicted octanol–water partition coefficient (Wildman–Crippen LogP) is 8.79. The van der Waals surface area contributed by atoms with Gasteiger partial charge in [-0.3, -0.25) is 0 Å². The van der Waals surface area contributed by atoms with E-state index in [1.165, 1.54) is 68.9 Å². The number of piperidine rings is 1. The number of carboxylic acid groups (broad SMARTS) is 1. The van der Waals surface area contributed by atoms with Crippen LogP contribution in [0.1, 0.15) is 127 Å². The molecule has 1 saturated heterocycles. The molecule has 5 fully saturated rings. The fraction of sp³-hybridized carbons (Fsp3) is 0.737. The van der Waals surface area contributed by atoms with Gasteiger partial charge in [-0.15, -0.1) is 0 Å². The molecule has 0 aromatic heterocycles. The molecule has 43 heavy (non-hydrogen) atoms. The highest BCUT2D eigenvalue weighted by molar-refractivity contribution is 5.88. The van der Waals surface area contributed by atoms with Gasteiger partial charge in [0.05, 0.1) is 5.56 Å². The van der Waals surface area contributed by atoms with Crippen LogP contribution in [-0.2, 0) is 0 Å². The van der Waals surface area contributed by atoms with Crippen LogP contribution in [0.2, 0.25) is 0 Å². The van der Waals surface area contributed by atoms with E-state index >= 15 is 0 Å². The van der Waals surface area contributed by atoms with E-state index in [-0.39, 0.29) is 17.0 Å². The van der Waals surface area contributed by atoms with Gasteiger partial charge in [0.1, 0.15) is 0 Å². The highest BCUT2D eigenvalue weighted by atomic mass is 16.4. The summed E-state index contributed by atoms with van der Waals surface area (Å²) in [5.41, 5.74) is 3.91. The van der Waals surface area contributed by atoms with Crippen molar-refractivity contribution in [2.45, 2.75) is 117 Å². The first kappa shape index (κ1) is 29.4. The number of amides is 2. The molecule has 8 unspecified atom stereocenters. The molecule has 1 aromatic rings. The Morgan fingerprint density at radius 3 is 2.28 bits per heavy atom. The van der Waals surface area contributed by atoms with Crippen LogP contribution in [0.3, 0.4) is 0 Å². The van der Waals surface area contributed by atoms with Gasteiger partial charge in [-0.1, -0.05) is 52.3 Å². The van der Waals surface area contributed by atoms with Crippen molar-refractivity contribution in [3.05, 3.63) is 41.5 Å². The molecule has 4 saturated carbocycles. The van der Waals surface area contributed by atoms with E-state index in [1.807, 2.05) is 12.1 Å². The zero-order valence-corrected chi connectivity index (χ0v) is 27.1. The van der Waals surface area contributed by atoms with Crippen LogP contribution in [0.15, 0.2) is 30.3 Å². The van der Waals surface area contributed by atoms with Crippen molar-refractivity contribution in [1.82, 2.24) is 10.2 Å². The third kappa shape index (κ3) is 4.29. The van der Waals surface area contributed by atoms with Crippen molar-refractivity contribution >= 4 is 17.6 Å². The molecule has 2 amide bonds. The Bertz CT molecular complexity index is 1300. The Balaban J connectivity index is 1.14. The Morgan fingerprint density at radius 1 is 0.814 bits per heavy atom. The van der Waals surface area contributed by atoms with Crippen LogP contribution in [0.25, 0.3) is 5.57 Å². The molecule has 1 aromatic carbocycles.